The summed E-state index contributed by atoms with van der Waals surface area (Å²) in [6, 6.07) is 9.61. The van der Waals surface area contributed by atoms with Crippen molar-refractivity contribution in [3.8, 4) is 0 Å². The normalized spacial score (nSPS) is 12.7. The lowest BCUT2D eigenvalue weighted by Crippen LogP contribution is -2.06. The molecule has 0 radical (unpaired) electrons. The Balaban J connectivity index is 2.32. The van der Waals surface area contributed by atoms with Gasteiger partial charge in [0.25, 0.3) is 0 Å². The van der Waals surface area contributed by atoms with Crippen molar-refractivity contribution in [2.45, 2.75) is 19.6 Å². The van der Waals surface area contributed by atoms with Gasteiger partial charge in [-0.1, -0.05) is 30.3 Å². The van der Waals surface area contributed by atoms with Gasteiger partial charge in [-0.15, -0.1) is 0 Å². The van der Waals surface area contributed by atoms with Gasteiger partial charge in [0.1, 0.15) is 6.10 Å². The zero-order valence-electron chi connectivity index (χ0n) is 8.67. The molecular weight excluding hydrogens is 188 g/mol. The van der Waals surface area contributed by atoms with Crippen LogP contribution < -0.4 is 0 Å². The predicted molar refractivity (Wildman–Crippen MR) is 58.4 cm³/mol. The first-order valence-corrected chi connectivity index (χ1v) is 5.06. The van der Waals surface area contributed by atoms with Gasteiger partial charge in [-0.3, -0.25) is 0 Å². The number of nitrogens with zero attached hydrogens (tertiary/aromatic N) is 2. The van der Waals surface area contributed by atoms with Crippen molar-refractivity contribution in [1.29, 1.82) is 0 Å². The quantitative estimate of drug-likeness (QED) is 0.826. The van der Waals surface area contributed by atoms with Gasteiger partial charge in [0.2, 0.25) is 0 Å². The van der Waals surface area contributed by atoms with E-state index in [0.717, 1.165) is 17.8 Å². The van der Waals surface area contributed by atoms with Gasteiger partial charge in [-0.05, 0) is 12.5 Å². The molecule has 1 atom stereocenters. The molecule has 3 heteroatoms. The maximum absolute atomic E-state index is 10.1. The molecule has 2 rings (SSSR count). The highest BCUT2D eigenvalue weighted by molar-refractivity contribution is 5.24. The van der Waals surface area contributed by atoms with Gasteiger partial charge in [0.15, 0.2) is 0 Å². The molecule has 2 aromatic rings. The fourth-order valence-corrected chi connectivity index (χ4v) is 1.63. The summed E-state index contributed by atoms with van der Waals surface area (Å²) in [6.07, 6.45) is 2.86. The molecule has 0 aliphatic carbocycles. The monoisotopic (exact) mass is 202 g/mol. The minimum Gasteiger partial charge on any atom is -0.382 e. The van der Waals surface area contributed by atoms with Gasteiger partial charge in [-0.25, -0.2) is 4.98 Å². The van der Waals surface area contributed by atoms with E-state index in [-0.39, 0.29) is 0 Å². The first kappa shape index (κ1) is 9.93. The predicted octanol–water partition coefficient (Wildman–Crippen LogP) is 1.98. The third kappa shape index (κ3) is 1.92. The van der Waals surface area contributed by atoms with E-state index in [0.29, 0.717) is 0 Å². The molecular formula is C12H14N2O. The average Bonchev–Trinajstić information content (AvgIpc) is 2.77. The second kappa shape index (κ2) is 4.28. The van der Waals surface area contributed by atoms with Crippen molar-refractivity contribution in [3.63, 3.8) is 0 Å². The maximum Gasteiger partial charge on any atom is 0.121 e. The summed E-state index contributed by atoms with van der Waals surface area (Å²) in [4.78, 5) is 4.04. The molecule has 3 nitrogen and oxygen atoms in total. The number of aromatic nitrogens is 2. The number of hydrogen-bond donors (Lipinski definition) is 1. The minimum absolute atomic E-state index is 0.589. The number of aliphatic hydroxyl groups excluding tert-OH is 1. The van der Waals surface area contributed by atoms with Crippen molar-refractivity contribution in [2.75, 3.05) is 0 Å². The third-order valence-electron chi connectivity index (χ3n) is 2.48. The third-order valence-corrected chi connectivity index (χ3v) is 2.48. The Hall–Kier alpha value is -1.61. The zero-order chi connectivity index (χ0) is 10.7. The fourth-order valence-electron chi connectivity index (χ4n) is 1.63. The molecule has 0 aliphatic heterocycles. The van der Waals surface area contributed by atoms with E-state index in [2.05, 4.69) is 4.98 Å². The summed E-state index contributed by atoms with van der Waals surface area (Å²) >= 11 is 0. The molecule has 0 fully saturated rings. The topological polar surface area (TPSA) is 38.0 Å². The van der Waals surface area contributed by atoms with E-state index in [4.69, 9.17) is 0 Å². The summed E-state index contributed by atoms with van der Waals surface area (Å²) in [6.45, 7) is 2.85. The lowest BCUT2D eigenvalue weighted by atomic mass is 10.1. The Morgan fingerprint density at radius 1 is 1.33 bits per heavy atom. The van der Waals surface area contributed by atoms with Crippen LogP contribution in [0.3, 0.4) is 0 Å². The van der Waals surface area contributed by atoms with Crippen molar-refractivity contribution >= 4 is 0 Å². The Morgan fingerprint density at radius 3 is 2.73 bits per heavy atom. The van der Waals surface area contributed by atoms with Crippen LogP contribution in [0.4, 0.5) is 0 Å². The standard InChI is InChI=1S/C12H14N2O/c1-2-14-9-13-8-11(14)12(15)10-6-4-3-5-7-10/h3-9,12,15H,2H2,1H3. The van der Waals surface area contributed by atoms with Crippen molar-refractivity contribution in [1.82, 2.24) is 9.55 Å². The van der Waals surface area contributed by atoms with Gasteiger partial charge in [0.05, 0.1) is 18.2 Å². The minimum atomic E-state index is -0.589. The highest BCUT2D eigenvalue weighted by Crippen LogP contribution is 2.20. The highest BCUT2D eigenvalue weighted by Gasteiger charge is 2.13. The van der Waals surface area contributed by atoms with E-state index in [9.17, 15) is 5.11 Å². The Morgan fingerprint density at radius 2 is 2.07 bits per heavy atom. The first-order valence-electron chi connectivity index (χ1n) is 5.06. The van der Waals surface area contributed by atoms with Crippen molar-refractivity contribution in [2.24, 2.45) is 0 Å². The fraction of sp³-hybridized carbons (Fsp3) is 0.250. The van der Waals surface area contributed by atoms with E-state index in [1.807, 2.05) is 41.8 Å². The molecule has 0 aliphatic rings. The Labute approximate surface area is 89.0 Å². The van der Waals surface area contributed by atoms with Crippen LogP contribution in [-0.2, 0) is 6.54 Å². The molecule has 1 aromatic heterocycles. The first-order chi connectivity index (χ1) is 7.33. The summed E-state index contributed by atoms with van der Waals surface area (Å²) in [7, 11) is 0. The largest absolute Gasteiger partial charge is 0.382 e. The number of rotatable bonds is 3. The molecule has 0 spiro atoms. The SMILES string of the molecule is CCn1cncc1C(O)c1ccccc1. The van der Waals surface area contributed by atoms with Crippen LogP contribution in [0.15, 0.2) is 42.9 Å². The lowest BCUT2D eigenvalue weighted by molar-refractivity contribution is 0.210. The average molecular weight is 202 g/mol. The molecule has 1 aromatic carbocycles. The summed E-state index contributed by atoms with van der Waals surface area (Å²) in [5, 5.41) is 10.1. The van der Waals surface area contributed by atoms with E-state index in [1.165, 1.54) is 0 Å². The maximum atomic E-state index is 10.1. The van der Waals surface area contributed by atoms with Crippen molar-refractivity contribution < 1.29 is 5.11 Å². The molecule has 0 saturated carbocycles. The van der Waals surface area contributed by atoms with Crippen LogP contribution in [-0.4, -0.2) is 14.7 Å². The summed E-state index contributed by atoms with van der Waals surface area (Å²) in [5.41, 5.74) is 1.73. The van der Waals surface area contributed by atoms with Gasteiger partial charge in [0, 0.05) is 6.54 Å². The van der Waals surface area contributed by atoms with E-state index < -0.39 is 6.10 Å². The van der Waals surface area contributed by atoms with Gasteiger partial charge >= 0.3 is 0 Å². The molecule has 1 heterocycles. The van der Waals surface area contributed by atoms with Crippen LogP contribution in [0.5, 0.6) is 0 Å². The number of benzene rings is 1. The summed E-state index contributed by atoms with van der Waals surface area (Å²) in [5.74, 6) is 0. The molecule has 0 saturated heterocycles. The molecule has 1 unspecified atom stereocenters. The number of hydrogen-bond acceptors (Lipinski definition) is 2. The van der Waals surface area contributed by atoms with E-state index in [1.54, 1.807) is 12.5 Å². The molecule has 78 valence electrons. The number of aryl methyl sites for hydroxylation is 1. The zero-order valence-corrected chi connectivity index (χ0v) is 8.67. The number of imidazole rings is 1. The summed E-state index contributed by atoms with van der Waals surface area (Å²) < 4.78 is 1.94. The second-order valence-electron chi connectivity index (χ2n) is 3.42. The number of aliphatic hydroxyl groups is 1. The Kier molecular flexibility index (Phi) is 2.83. The highest BCUT2D eigenvalue weighted by atomic mass is 16.3. The van der Waals surface area contributed by atoms with Crippen LogP contribution in [0.25, 0.3) is 0 Å². The molecule has 0 amide bonds. The molecule has 0 bridgehead atoms. The van der Waals surface area contributed by atoms with Crippen molar-refractivity contribution in [3.05, 3.63) is 54.1 Å². The van der Waals surface area contributed by atoms with E-state index >= 15 is 0 Å². The van der Waals surface area contributed by atoms with Crippen LogP contribution >= 0.6 is 0 Å². The van der Waals surface area contributed by atoms with Crippen LogP contribution in [0, 0.1) is 0 Å². The van der Waals surface area contributed by atoms with Gasteiger partial charge < -0.3 is 9.67 Å². The Bertz CT molecular complexity index is 422. The lowest BCUT2D eigenvalue weighted by Gasteiger charge is -2.12. The van der Waals surface area contributed by atoms with Crippen LogP contribution in [0.1, 0.15) is 24.3 Å². The molecule has 15 heavy (non-hydrogen) atoms. The smallest absolute Gasteiger partial charge is 0.121 e. The molecule has 1 N–H and O–H groups in total. The van der Waals surface area contributed by atoms with Crippen LogP contribution in [0.2, 0.25) is 0 Å². The van der Waals surface area contributed by atoms with Gasteiger partial charge in [-0.2, -0.15) is 0 Å². The second-order valence-corrected chi connectivity index (χ2v) is 3.42.